The van der Waals surface area contributed by atoms with Crippen molar-refractivity contribution in [3.63, 3.8) is 0 Å². The minimum Gasteiger partial charge on any atom is -0.496 e. The molecule has 10 heteroatoms. The number of carboxylic acids is 1. The van der Waals surface area contributed by atoms with Crippen molar-refractivity contribution in [2.45, 2.75) is 33.2 Å². The molecule has 0 aliphatic heterocycles. The summed E-state index contributed by atoms with van der Waals surface area (Å²) >= 11 is 0. The van der Waals surface area contributed by atoms with Crippen molar-refractivity contribution in [2.24, 2.45) is 5.92 Å². The maximum Gasteiger partial charge on any atom is 0.322 e. The molecule has 0 spiro atoms. The van der Waals surface area contributed by atoms with E-state index in [0.717, 1.165) is 0 Å². The van der Waals surface area contributed by atoms with Crippen LogP contribution in [0.25, 0.3) is 11.5 Å². The SMILES string of the molecule is COc1ccc(-c2nc(C)no2)cc1CC(=O)NC(C(=O)NCC(=O)O)C(C)C. The second-order valence-corrected chi connectivity index (χ2v) is 6.75. The Morgan fingerprint density at radius 1 is 1.28 bits per heavy atom. The number of nitrogens with zero attached hydrogens (tertiary/aromatic N) is 2. The Morgan fingerprint density at radius 2 is 2.00 bits per heavy atom. The Labute approximate surface area is 167 Å². The number of ether oxygens (including phenoxy) is 1. The second kappa shape index (κ2) is 9.67. The fraction of sp³-hybridized carbons (Fsp3) is 0.421. The van der Waals surface area contributed by atoms with Gasteiger partial charge in [-0.25, -0.2) is 0 Å². The van der Waals surface area contributed by atoms with Crippen LogP contribution in [0.1, 0.15) is 25.2 Å². The Bertz CT molecular complexity index is 893. The van der Waals surface area contributed by atoms with E-state index < -0.39 is 30.4 Å². The molecule has 0 radical (unpaired) electrons. The third-order valence-corrected chi connectivity index (χ3v) is 4.09. The Kier molecular flexibility index (Phi) is 7.29. The molecule has 0 aliphatic rings. The van der Waals surface area contributed by atoms with E-state index in [1.165, 1.54) is 7.11 Å². The van der Waals surface area contributed by atoms with Crippen LogP contribution in [-0.4, -0.2) is 52.7 Å². The third kappa shape index (κ3) is 6.03. The van der Waals surface area contributed by atoms with Crippen molar-refractivity contribution in [3.8, 4) is 17.2 Å². The molecule has 2 amide bonds. The number of hydrogen-bond donors (Lipinski definition) is 3. The van der Waals surface area contributed by atoms with E-state index in [2.05, 4.69) is 20.8 Å². The van der Waals surface area contributed by atoms with Crippen molar-refractivity contribution in [1.82, 2.24) is 20.8 Å². The van der Waals surface area contributed by atoms with Crippen LogP contribution in [0.3, 0.4) is 0 Å². The molecule has 1 atom stereocenters. The lowest BCUT2D eigenvalue weighted by Crippen LogP contribution is -2.51. The predicted molar refractivity (Wildman–Crippen MR) is 102 cm³/mol. The molecular weight excluding hydrogens is 380 g/mol. The van der Waals surface area contributed by atoms with Crippen molar-refractivity contribution in [2.75, 3.05) is 13.7 Å². The number of aliphatic carboxylic acids is 1. The molecule has 0 fully saturated rings. The number of benzene rings is 1. The maximum absolute atomic E-state index is 12.6. The van der Waals surface area contributed by atoms with Gasteiger partial charge in [-0.1, -0.05) is 19.0 Å². The number of methoxy groups -OCH3 is 1. The summed E-state index contributed by atoms with van der Waals surface area (Å²) in [4.78, 5) is 39.6. The minimum absolute atomic E-state index is 0.0560. The van der Waals surface area contributed by atoms with Crippen molar-refractivity contribution >= 4 is 17.8 Å². The first-order valence-electron chi connectivity index (χ1n) is 8.97. The Morgan fingerprint density at radius 3 is 2.55 bits per heavy atom. The van der Waals surface area contributed by atoms with Crippen LogP contribution in [0.4, 0.5) is 0 Å². The topological polar surface area (TPSA) is 144 Å². The molecule has 0 aliphatic carbocycles. The quantitative estimate of drug-likeness (QED) is 0.560. The molecule has 10 nitrogen and oxygen atoms in total. The van der Waals surface area contributed by atoms with E-state index in [1.807, 2.05) is 0 Å². The van der Waals surface area contributed by atoms with Crippen molar-refractivity contribution in [3.05, 3.63) is 29.6 Å². The van der Waals surface area contributed by atoms with Crippen molar-refractivity contribution in [1.29, 1.82) is 0 Å². The average Bonchev–Trinajstić information content (AvgIpc) is 3.10. The number of aromatic nitrogens is 2. The Balaban J connectivity index is 2.15. The van der Waals surface area contributed by atoms with Crippen LogP contribution in [0.15, 0.2) is 22.7 Å². The zero-order valence-corrected chi connectivity index (χ0v) is 16.7. The number of carboxylic acid groups (broad SMARTS) is 1. The smallest absolute Gasteiger partial charge is 0.322 e. The molecule has 29 heavy (non-hydrogen) atoms. The van der Waals surface area contributed by atoms with Gasteiger partial charge in [0.1, 0.15) is 18.3 Å². The lowest BCUT2D eigenvalue weighted by Gasteiger charge is -2.21. The van der Waals surface area contributed by atoms with E-state index in [4.69, 9.17) is 14.4 Å². The van der Waals surface area contributed by atoms with Gasteiger partial charge in [0.25, 0.3) is 5.89 Å². The van der Waals surface area contributed by atoms with Gasteiger partial charge in [-0.15, -0.1) is 0 Å². The van der Waals surface area contributed by atoms with Gasteiger partial charge < -0.3 is 25.0 Å². The Hall–Kier alpha value is -3.43. The monoisotopic (exact) mass is 404 g/mol. The summed E-state index contributed by atoms with van der Waals surface area (Å²) in [6.07, 6.45) is -0.0560. The third-order valence-electron chi connectivity index (χ3n) is 4.09. The molecule has 0 saturated heterocycles. The van der Waals surface area contributed by atoms with Gasteiger partial charge in [0, 0.05) is 11.1 Å². The molecule has 1 aromatic carbocycles. The number of aryl methyl sites for hydroxylation is 1. The predicted octanol–water partition coefficient (Wildman–Crippen LogP) is 0.938. The van der Waals surface area contributed by atoms with Gasteiger partial charge in [0.05, 0.1) is 13.5 Å². The van der Waals surface area contributed by atoms with Gasteiger partial charge in [-0.3, -0.25) is 14.4 Å². The average molecular weight is 404 g/mol. The molecule has 156 valence electrons. The van der Waals surface area contributed by atoms with E-state index in [1.54, 1.807) is 39.0 Å². The highest BCUT2D eigenvalue weighted by Gasteiger charge is 2.25. The van der Waals surface area contributed by atoms with Crippen LogP contribution < -0.4 is 15.4 Å². The highest BCUT2D eigenvalue weighted by molar-refractivity contribution is 5.90. The molecule has 1 unspecified atom stereocenters. The lowest BCUT2D eigenvalue weighted by molar-refractivity contribution is -0.138. The number of carbonyl (C=O) groups is 3. The van der Waals surface area contributed by atoms with Gasteiger partial charge in [-0.2, -0.15) is 4.98 Å². The number of hydrogen-bond acceptors (Lipinski definition) is 7. The largest absolute Gasteiger partial charge is 0.496 e. The number of nitrogens with one attached hydrogen (secondary N) is 2. The van der Waals surface area contributed by atoms with Crippen LogP contribution in [-0.2, 0) is 20.8 Å². The maximum atomic E-state index is 12.6. The highest BCUT2D eigenvalue weighted by atomic mass is 16.5. The molecular formula is C19H24N4O6. The summed E-state index contributed by atoms with van der Waals surface area (Å²) in [6, 6.07) is 4.27. The number of rotatable bonds is 9. The van der Waals surface area contributed by atoms with Crippen LogP contribution in [0, 0.1) is 12.8 Å². The van der Waals surface area contributed by atoms with E-state index >= 15 is 0 Å². The minimum atomic E-state index is -1.16. The van der Waals surface area contributed by atoms with E-state index in [-0.39, 0.29) is 12.3 Å². The lowest BCUT2D eigenvalue weighted by atomic mass is 10.0. The molecule has 2 aromatic rings. The molecule has 0 bridgehead atoms. The second-order valence-electron chi connectivity index (χ2n) is 6.75. The van der Waals surface area contributed by atoms with Crippen LogP contribution in [0.5, 0.6) is 5.75 Å². The summed E-state index contributed by atoms with van der Waals surface area (Å²) in [7, 11) is 1.49. The van der Waals surface area contributed by atoms with E-state index in [0.29, 0.717) is 28.6 Å². The zero-order valence-electron chi connectivity index (χ0n) is 16.7. The summed E-state index contributed by atoms with van der Waals surface area (Å²) < 4.78 is 10.5. The summed E-state index contributed by atoms with van der Waals surface area (Å²) in [5.41, 5.74) is 1.21. The highest BCUT2D eigenvalue weighted by Crippen LogP contribution is 2.26. The van der Waals surface area contributed by atoms with Gasteiger partial charge in [-0.05, 0) is 31.0 Å². The molecule has 0 saturated carbocycles. The molecule has 1 heterocycles. The summed E-state index contributed by atoms with van der Waals surface area (Å²) in [6.45, 7) is 4.69. The van der Waals surface area contributed by atoms with Crippen LogP contribution >= 0.6 is 0 Å². The fourth-order valence-corrected chi connectivity index (χ4v) is 2.67. The van der Waals surface area contributed by atoms with Gasteiger partial charge in [0.2, 0.25) is 11.8 Å². The standard InChI is InChI=1S/C19H24N4O6/c1-10(2)17(18(27)20-9-16(25)26)22-15(24)8-13-7-12(5-6-14(13)28-4)19-21-11(3)23-29-19/h5-7,10,17H,8-9H2,1-4H3,(H,20,27)(H,22,24)(H,25,26). The van der Waals surface area contributed by atoms with Gasteiger partial charge in [0.15, 0.2) is 5.82 Å². The number of amides is 2. The number of carbonyl (C=O) groups excluding carboxylic acids is 2. The molecule has 1 aromatic heterocycles. The summed E-state index contributed by atoms with van der Waals surface area (Å²) in [5, 5.41) is 17.4. The van der Waals surface area contributed by atoms with Crippen molar-refractivity contribution < 1.29 is 28.8 Å². The van der Waals surface area contributed by atoms with E-state index in [9.17, 15) is 14.4 Å². The van der Waals surface area contributed by atoms with Crippen LogP contribution in [0.2, 0.25) is 0 Å². The first kappa shape index (κ1) is 21.9. The first-order chi connectivity index (χ1) is 13.7. The fourth-order valence-electron chi connectivity index (χ4n) is 2.67. The molecule has 2 rings (SSSR count). The molecule has 3 N–H and O–H groups in total. The summed E-state index contributed by atoms with van der Waals surface area (Å²) in [5.74, 6) is -1.06. The van der Waals surface area contributed by atoms with Gasteiger partial charge >= 0.3 is 5.97 Å². The normalized spacial score (nSPS) is 11.8. The first-order valence-corrected chi connectivity index (χ1v) is 8.97. The zero-order chi connectivity index (χ0) is 21.6.